The van der Waals surface area contributed by atoms with Crippen LogP contribution in [0, 0.1) is 23.7 Å². The molecular weight excluding hydrogens is 222 g/mol. The minimum absolute atomic E-state index is 0.821. The minimum Gasteiger partial charge on any atom is -0.336 e. The number of nitrogens with zero attached hydrogens (tertiary/aromatic N) is 2. The number of imidazole rings is 1. The van der Waals surface area contributed by atoms with Crippen LogP contribution in [0.5, 0.6) is 0 Å². The van der Waals surface area contributed by atoms with E-state index < -0.39 is 0 Å². The first kappa shape index (κ1) is 11.0. The highest BCUT2D eigenvalue weighted by atomic mass is 15.1. The van der Waals surface area contributed by atoms with Gasteiger partial charge in [-0.05, 0) is 55.8 Å². The number of hydrogen-bond acceptors (Lipinski definition) is 2. The van der Waals surface area contributed by atoms with Gasteiger partial charge in [0.15, 0.2) is 0 Å². The molecule has 4 fully saturated rings. The SMILES string of the molecule is c1cn(CCNC2C3CC4CC(C3)CC2C4)cn1. The molecule has 0 spiro atoms. The monoisotopic (exact) mass is 245 g/mol. The largest absolute Gasteiger partial charge is 0.336 e. The molecule has 1 N–H and O–H groups in total. The van der Waals surface area contributed by atoms with Gasteiger partial charge in [-0.1, -0.05) is 0 Å². The molecule has 0 saturated heterocycles. The fourth-order valence-electron chi connectivity index (χ4n) is 5.04. The van der Waals surface area contributed by atoms with E-state index >= 15 is 0 Å². The van der Waals surface area contributed by atoms with Crippen molar-refractivity contribution in [2.75, 3.05) is 6.54 Å². The van der Waals surface area contributed by atoms with Gasteiger partial charge in [0.1, 0.15) is 0 Å². The lowest BCUT2D eigenvalue weighted by molar-refractivity contribution is -0.0137. The van der Waals surface area contributed by atoms with E-state index in [0.717, 1.165) is 42.8 Å². The summed E-state index contributed by atoms with van der Waals surface area (Å²) in [5.41, 5.74) is 0. The van der Waals surface area contributed by atoms with E-state index in [-0.39, 0.29) is 0 Å². The van der Waals surface area contributed by atoms with Crippen molar-refractivity contribution in [2.24, 2.45) is 23.7 Å². The summed E-state index contributed by atoms with van der Waals surface area (Å²) in [6.45, 7) is 2.16. The topological polar surface area (TPSA) is 29.9 Å². The third-order valence-corrected chi connectivity index (χ3v) is 5.54. The maximum atomic E-state index is 4.10. The molecule has 0 amide bonds. The van der Waals surface area contributed by atoms with Crippen molar-refractivity contribution in [3.63, 3.8) is 0 Å². The summed E-state index contributed by atoms with van der Waals surface area (Å²) < 4.78 is 2.17. The summed E-state index contributed by atoms with van der Waals surface area (Å²) in [5, 5.41) is 3.85. The van der Waals surface area contributed by atoms with Crippen LogP contribution in [0.4, 0.5) is 0 Å². The lowest BCUT2D eigenvalue weighted by Crippen LogP contribution is -2.54. The van der Waals surface area contributed by atoms with Gasteiger partial charge < -0.3 is 9.88 Å². The van der Waals surface area contributed by atoms with Crippen LogP contribution in [0.15, 0.2) is 18.7 Å². The Labute approximate surface area is 109 Å². The smallest absolute Gasteiger partial charge is 0.0946 e. The third-order valence-electron chi connectivity index (χ3n) is 5.54. The van der Waals surface area contributed by atoms with Crippen LogP contribution in [0.25, 0.3) is 0 Å². The third kappa shape index (κ3) is 1.89. The summed E-state index contributed by atoms with van der Waals surface area (Å²) >= 11 is 0. The van der Waals surface area contributed by atoms with Gasteiger partial charge in [0.25, 0.3) is 0 Å². The molecule has 0 radical (unpaired) electrons. The molecule has 0 aliphatic heterocycles. The molecule has 4 aliphatic rings. The standard InChI is InChI=1S/C15H23N3/c1-3-18(10-16-1)4-2-17-15-13-6-11-5-12(8-13)9-14(15)7-11/h1,3,10-15,17H,2,4-9H2. The van der Waals surface area contributed by atoms with Crippen molar-refractivity contribution < 1.29 is 0 Å². The zero-order chi connectivity index (χ0) is 11.9. The molecule has 5 rings (SSSR count). The molecule has 98 valence electrons. The minimum atomic E-state index is 0.821. The van der Waals surface area contributed by atoms with Crippen LogP contribution in [0.3, 0.4) is 0 Å². The van der Waals surface area contributed by atoms with Gasteiger partial charge in [0.05, 0.1) is 6.33 Å². The molecule has 0 aromatic carbocycles. The molecular formula is C15H23N3. The first-order chi connectivity index (χ1) is 8.88. The number of hydrogen-bond donors (Lipinski definition) is 1. The molecule has 1 heterocycles. The van der Waals surface area contributed by atoms with Crippen molar-refractivity contribution >= 4 is 0 Å². The first-order valence-corrected chi connectivity index (χ1v) is 7.57. The van der Waals surface area contributed by atoms with Crippen LogP contribution < -0.4 is 5.32 Å². The normalized spacial score (nSPS) is 41.4. The summed E-state index contributed by atoms with van der Waals surface area (Å²) in [7, 11) is 0. The van der Waals surface area contributed by atoms with Crippen molar-refractivity contribution in [2.45, 2.75) is 44.7 Å². The van der Waals surface area contributed by atoms with Gasteiger partial charge >= 0.3 is 0 Å². The van der Waals surface area contributed by atoms with Gasteiger partial charge in [0, 0.05) is 31.5 Å². The van der Waals surface area contributed by atoms with Gasteiger partial charge in [-0.2, -0.15) is 0 Å². The van der Waals surface area contributed by atoms with E-state index in [1.807, 2.05) is 12.5 Å². The molecule has 4 aliphatic carbocycles. The second-order valence-corrected chi connectivity index (χ2v) is 6.71. The van der Waals surface area contributed by atoms with E-state index in [9.17, 15) is 0 Å². The highest BCUT2D eigenvalue weighted by Gasteiger charge is 2.47. The quantitative estimate of drug-likeness (QED) is 0.882. The molecule has 0 unspecified atom stereocenters. The molecule has 3 nitrogen and oxygen atoms in total. The van der Waals surface area contributed by atoms with Crippen LogP contribution in [0.1, 0.15) is 32.1 Å². The summed E-state index contributed by atoms with van der Waals surface area (Å²) in [5.74, 6) is 4.14. The zero-order valence-corrected chi connectivity index (χ0v) is 11.0. The van der Waals surface area contributed by atoms with Gasteiger partial charge in [-0.15, -0.1) is 0 Å². The Morgan fingerprint density at radius 2 is 1.78 bits per heavy atom. The molecule has 1 aromatic rings. The Hall–Kier alpha value is -0.830. The van der Waals surface area contributed by atoms with E-state index in [1.165, 1.54) is 25.7 Å². The van der Waals surface area contributed by atoms with Gasteiger partial charge in [0.2, 0.25) is 0 Å². The molecule has 4 saturated carbocycles. The predicted octanol–water partition coefficient (Wildman–Crippen LogP) is 2.30. The van der Waals surface area contributed by atoms with E-state index in [2.05, 4.69) is 21.1 Å². The second-order valence-electron chi connectivity index (χ2n) is 6.71. The van der Waals surface area contributed by atoms with Crippen molar-refractivity contribution in [1.29, 1.82) is 0 Å². The number of rotatable bonds is 4. The molecule has 0 atom stereocenters. The Balaban J connectivity index is 1.35. The summed E-state index contributed by atoms with van der Waals surface area (Å²) in [6.07, 6.45) is 13.4. The zero-order valence-electron chi connectivity index (χ0n) is 11.0. The summed E-state index contributed by atoms with van der Waals surface area (Å²) in [6, 6.07) is 0.821. The van der Waals surface area contributed by atoms with Crippen LogP contribution >= 0.6 is 0 Å². The molecule has 3 heteroatoms. The molecule has 4 bridgehead atoms. The van der Waals surface area contributed by atoms with E-state index in [4.69, 9.17) is 0 Å². The average molecular weight is 245 g/mol. The lowest BCUT2D eigenvalue weighted by atomic mass is 9.54. The van der Waals surface area contributed by atoms with Gasteiger partial charge in [-0.25, -0.2) is 4.98 Å². The second kappa shape index (κ2) is 4.37. The van der Waals surface area contributed by atoms with Crippen LogP contribution in [-0.2, 0) is 6.54 Å². The fraction of sp³-hybridized carbons (Fsp3) is 0.800. The highest BCUT2D eigenvalue weighted by Crippen LogP contribution is 2.53. The fourth-order valence-corrected chi connectivity index (χ4v) is 5.04. The Kier molecular flexibility index (Phi) is 2.68. The van der Waals surface area contributed by atoms with Crippen LogP contribution in [0.2, 0.25) is 0 Å². The Morgan fingerprint density at radius 3 is 2.39 bits per heavy atom. The van der Waals surface area contributed by atoms with Gasteiger partial charge in [-0.3, -0.25) is 0 Å². The average Bonchev–Trinajstić information content (AvgIpc) is 2.85. The number of aromatic nitrogens is 2. The Morgan fingerprint density at radius 1 is 1.06 bits per heavy atom. The van der Waals surface area contributed by atoms with Crippen molar-refractivity contribution in [1.82, 2.24) is 14.9 Å². The van der Waals surface area contributed by atoms with Crippen molar-refractivity contribution in [3.05, 3.63) is 18.7 Å². The lowest BCUT2D eigenvalue weighted by Gasteiger charge is -2.54. The molecule has 1 aromatic heterocycles. The number of nitrogens with one attached hydrogen (secondary N) is 1. The Bertz CT molecular complexity index is 370. The maximum absolute atomic E-state index is 4.10. The van der Waals surface area contributed by atoms with E-state index in [0.29, 0.717) is 0 Å². The van der Waals surface area contributed by atoms with E-state index in [1.54, 1.807) is 6.42 Å². The maximum Gasteiger partial charge on any atom is 0.0946 e. The highest BCUT2D eigenvalue weighted by molar-refractivity contribution is 5.01. The molecule has 18 heavy (non-hydrogen) atoms. The van der Waals surface area contributed by atoms with Crippen LogP contribution in [-0.4, -0.2) is 22.1 Å². The predicted molar refractivity (Wildman–Crippen MR) is 71.1 cm³/mol. The van der Waals surface area contributed by atoms with Crippen molar-refractivity contribution in [3.8, 4) is 0 Å². The summed E-state index contributed by atoms with van der Waals surface area (Å²) in [4.78, 5) is 4.10. The first-order valence-electron chi connectivity index (χ1n) is 7.57.